The van der Waals surface area contributed by atoms with Crippen molar-refractivity contribution in [2.45, 2.75) is 33.1 Å². The number of Topliss-reactive ketones (excluding diaryl/α,β-unsaturated/α-hetero) is 1. The maximum atomic E-state index is 12.0. The number of ether oxygens (including phenoxy) is 1. The van der Waals surface area contributed by atoms with Gasteiger partial charge in [-0.15, -0.1) is 0 Å². The van der Waals surface area contributed by atoms with E-state index in [0.29, 0.717) is 28.8 Å². The SMILES string of the molecule is CC(C)CC(=O)c1ccc(OCCCCBr)c(Br)c1O. The lowest BCUT2D eigenvalue weighted by Gasteiger charge is -2.12. The Morgan fingerprint density at radius 2 is 2.05 bits per heavy atom. The number of halogens is 2. The van der Waals surface area contributed by atoms with Gasteiger partial charge in [-0.1, -0.05) is 29.8 Å². The van der Waals surface area contributed by atoms with E-state index >= 15 is 0 Å². The molecule has 1 aromatic carbocycles. The number of unbranched alkanes of at least 4 members (excludes halogenated alkanes) is 1. The number of carbonyl (C=O) groups excluding carboxylic acids is 1. The Balaban J connectivity index is 2.78. The largest absolute Gasteiger partial charge is 0.506 e. The van der Waals surface area contributed by atoms with Crippen LogP contribution in [0.5, 0.6) is 11.5 Å². The number of benzene rings is 1. The van der Waals surface area contributed by atoms with Gasteiger partial charge in [-0.2, -0.15) is 0 Å². The number of phenolic OH excluding ortho intramolecular Hbond substituents is 1. The lowest BCUT2D eigenvalue weighted by Crippen LogP contribution is -2.05. The van der Waals surface area contributed by atoms with Crippen LogP contribution < -0.4 is 4.74 Å². The van der Waals surface area contributed by atoms with Gasteiger partial charge >= 0.3 is 0 Å². The molecule has 0 aromatic heterocycles. The Bertz CT molecular complexity index is 459. The number of alkyl halides is 1. The molecule has 1 aromatic rings. The van der Waals surface area contributed by atoms with E-state index < -0.39 is 0 Å². The predicted molar refractivity (Wildman–Crippen MR) is 88.1 cm³/mol. The molecule has 0 atom stereocenters. The van der Waals surface area contributed by atoms with E-state index in [1.807, 2.05) is 13.8 Å². The van der Waals surface area contributed by atoms with Gasteiger partial charge in [-0.3, -0.25) is 4.79 Å². The lowest BCUT2D eigenvalue weighted by atomic mass is 10.0. The maximum Gasteiger partial charge on any atom is 0.166 e. The molecular weight excluding hydrogens is 388 g/mol. The van der Waals surface area contributed by atoms with Crippen LogP contribution in [0, 0.1) is 5.92 Å². The zero-order valence-electron chi connectivity index (χ0n) is 11.8. The van der Waals surface area contributed by atoms with Crippen molar-refractivity contribution in [2.24, 2.45) is 5.92 Å². The van der Waals surface area contributed by atoms with Gasteiger partial charge in [0.2, 0.25) is 0 Å². The molecule has 0 saturated carbocycles. The molecule has 1 rings (SSSR count). The highest BCUT2D eigenvalue weighted by molar-refractivity contribution is 9.10. The highest BCUT2D eigenvalue weighted by Crippen LogP contribution is 2.37. The standard InChI is InChI=1S/C15H20Br2O3/c1-10(2)9-12(18)11-5-6-13(14(17)15(11)19)20-8-4-3-7-16/h5-6,10,19H,3-4,7-9H2,1-2H3. The fourth-order valence-electron chi connectivity index (χ4n) is 1.74. The molecule has 5 heteroatoms. The molecule has 0 fully saturated rings. The second-order valence-electron chi connectivity index (χ2n) is 5.04. The van der Waals surface area contributed by atoms with E-state index in [4.69, 9.17) is 4.74 Å². The van der Waals surface area contributed by atoms with Crippen molar-refractivity contribution in [3.8, 4) is 11.5 Å². The smallest absolute Gasteiger partial charge is 0.166 e. The minimum absolute atomic E-state index is 0.0337. The minimum atomic E-state index is -0.0518. The minimum Gasteiger partial charge on any atom is -0.506 e. The summed E-state index contributed by atoms with van der Waals surface area (Å²) in [5, 5.41) is 11.1. The van der Waals surface area contributed by atoms with Crippen LogP contribution in [0.3, 0.4) is 0 Å². The molecule has 0 aliphatic carbocycles. The van der Waals surface area contributed by atoms with Crippen molar-refractivity contribution in [2.75, 3.05) is 11.9 Å². The number of carbonyl (C=O) groups is 1. The second kappa shape index (κ2) is 8.67. The summed E-state index contributed by atoms with van der Waals surface area (Å²) in [4.78, 5) is 12.0. The number of hydrogen-bond acceptors (Lipinski definition) is 3. The van der Waals surface area contributed by atoms with Crippen LogP contribution in [-0.4, -0.2) is 22.8 Å². The van der Waals surface area contributed by atoms with Crippen molar-refractivity contribution in [1.29, 1.82) is 0 Å². The molecule has 0 aliphatic rings. The van der Waals surface area contributed by atoms with Crippen LogP contribution >= 0.6 is 31.9 Å². The van der Waals surface area contributed by atoms with Crippen molar-refractivity contribution >= 4 is 37.6 Å². The van der Waals surface area contributed by atoms with E-state index in [1.165, 1.54) is 0 Å². The van der Waals surface area contributed by atoms with Crippen LogP contribution in [0.25, 0.3) is 0 Å². The Hall–Kier alpha value is -0.550. The van der Waals surface area contributed by atoms with Crippen LogP contribution in [0.4, 0.5) is 0 Å². The molecule has 1 N–H and O–H groups in total. The Morgan fingerprint density at radius 3 is 2.65 bits per heavy atom. The molecule has 0 spiro atoms. The third-order valence-electron chi connectivity index (χ3n) is 2.76. The third kappa shape index (κ3) is 5.09. The molecule has 0 amide bonds. The van der Waals surface area contributed by atoms with Crippen molar-refractivity contribution in [3.63, 3.8) is 0 Å². The monoisotopic (exact) mass is 406 g/mol. The number of hydrogen-bond donors (Lipinski definition) is 1. The molecule has 0 unspecified atom stereocenters. The molecule has 20 heavy (non-hydrogen) atoms. The summed E-state index contributed by atoms with van der Waals surface area (Å²) < 4.78 is 6.05. The topological polar surface area (TPSA) is 46.5 Å². The Kier molecular flexibility index (Phi) is 7.59. The quantitative estimate of drug-likeness (QED) is 0.377. The van der Waals surface area contributed by atoms with Gasteiger partial charge in [0.1, 0.15) is 16.0 Å². The summed E-state index contributed by atoms with van der Waals surface area (Å²) >= 11 is 6.66. The van der Waals surface area contributed by atoms with E-state index in [1.54, 1.807) is 12.1 Å². The first-order valence-electron chi connectivity index (χ1n) is 6.70. The maximum absolute atomic E-state index is 12.0. The number of phenols is 1. The summed E-state index contributed by atoms with van der Waals surface area (Å²) in [6.07, 6.45) is 2.40. The van der Waals surface area contributed by atoms with Crippen molar-refractivity contribution in [1.82, 2.24) is 0 Å². The normalized spacial score (nSPS) is 10.8. The summed E-state index contributed by atoms with van der Waals surface area (Å²) in [5.74, 6) is 0.747. The van der Waals surface area contributed by atoms with E-state index in [9.17, 15) is 9.90 Å². The van der Waals surface area contributed by atoms with Gasteiger partial charge in [0.15, 0.2) is 5.78 Å². The first-order chi connectivity index (χ1) is 9.47. The van der Waals surface area contributed by atoms with Crippen LogP contribution in [0.15, 0.2) is 16.6 Å². The zero-order valence-corrected chi connectivity index (χ0v) is 15.0. The van der Waals surface area contributed by atoms with E-state index in [0.717, 1.165) is 18.2 Å². The van der Waals surface area contributed by atoms with Gasteiger partial charge in [-0.25, -0.2) is 0 Å². The fourth-order valence-corrected chi connectivity index (χ4v) is 2.60. The molecule has 0 radical (unpaired) electrons. The van der Waals surface area contributed by atoms with Gasteiger partial charge in [0.05, 0.1) is 12.2 Å². The van der Waals surface area contributed by atoms with Crippen molar-refractivity contribution < 1.29 is 14.6 Å². The summed E-state index contributed by atoms with van der Waals surface area (Å²) in [6.45, 7) is 4.54. The lowest BCUT2D eigenvalue weighted by molar-refractivity contribution is 0.0965. The second-order valence-corrected chi connectivity index (χ2v) is 6.63. The molecule has 0 bridgehead atoms. The highest BCUT2D eigenvalue weighted by atomic mass is 79.9. The van der Waals surface area contributed by atoms with Crippen LogP contribution in [0.1, 0.15) is 43.5 Å². The molecule has 0 heterocycles. The highest BCUT2D eigenvalue weighted by Gasteiger charge is 2.17. The summed E-state index contributed by atoms with van der Waals surface area (Å²) in [7, 11) is 0. The summed E-state index contributed by atoms with van der Waals surface area (Å²) in [6, 6.07) is 3.36. The number of aromatic hydroxyl groups is 1. The number of rotatable bonds is 8. The first-order valence-corrected chi connectivity index (χ1v) is 8.62. The molecule has 112 valence electrons. The summed E-state index contributed by atoms with van der Waals surface area (Å²) in [5.41, 5.74) is 0.346. The molecule has 3 nitrogen and oxygen atoms in total. The van der Waals surface area contributed by atoms with Gasteiger partial charge in [0, 0.05) is 11.8 Å². The fraction of sp³-hybridized carbons (Fsp3) is 0.533. The number of ketones is 1. The molecule has 0 saturated heterocycles. The average Bonchev–Trinajstić information content (AvgIpc) is 2.38. The van der Waals surface area contributed by atoms with Crippen LogP contribution in [-0.2, 0) is 0 Å². The Labute approximate surface area is 137 Å². The van der Waals surface area contributed by atoms with Gasteiger partial charge in [0.25, 0.3) is 0 Å². The van der Waals surface area contributed by atoms with Gasteiger partial charge < -0.3 is 9.84 Å². The first kappa shape index (κ1) is 17.5. The van der Waals surface area contributed by atoms with Crippen molar-refractivity contribution in [3.05, 3.63) is 22.2 Å². The third-order valence-corrected chi connectivity index (χ3v) is 4.09. The van der Waals surface area contributed by atoms with Gasteiger partial charge in [-0.05, 0) is 46.8 Å². The van der Waals surface area contributed by atoms with Crippen LogP contribution in [0.2, 0.25) is 0 Å². The molecular formula is C15H20Br2O3. The average molecular weight is 408 g/mol. The van der Waals surface area contributed by atoms with E-state index in [-0.39, 0.29) is 17.5 Å². The predicted octanol–water partition coefficient (Wildman–Crippen LogP) is 4.94. The zero-order chi connectivity index (χ0) is 15.1. The molecule has 0 aliphatic heterocycles. The Morgan fingerprint density at radius 1 is 1.35 bits per heavy atom. The van der Waals surface area contributed by atoms with E-state index in [2.05, 4.69) is 31.9 Å².